The summed E-state index contributed by atoms with van der Waals surface area (Å²) in [5.74, 6) is 0. The van der Waals surface area contributed by atoms with E-state index in [2.05, 4.69) is 4.90 Å². The predicted molar refractivity (Wildman–Crippen MR) is 64.3 cm³/mol. The molecule has 0 unspecified atom stereocenters. The van der Waals surface area contributed by atoms with Crippen molar-refractivity contribution < 1.29 is 10.2 Å². The van der Waals surface area contributed by atoms with Crippen molar-refractivity contribution in [2.24, 2.45) is 0 Å². The molecular formula is C13H25NO2. The SMILES string of the molecule is OCCCN(C1CCC1)[C@H]1CCCC[C@@H]1O. The summed E-state index contributed by atoms with van der Waals surface area (Å²) in [7, 11) is 0. The summed E-state index contributed by atoms with van der Waals surface area (Å²) in [5.41, 5.74) is 0. The van der Waals surface area contributed by atoms with Gasteiger partial charge in [0, 0.05) is 25.2 Å². The maximum atomic E-state index is 10.1. The molecule has 0 bridgehead atoms. The minimum Gasteiger partial charge on any atom is -0.396 e. The predicted octanol–water partition coefficient (Wildman–Crippen LogP) is 1.53. The smallest absolute Gasteiger partial charge is 0.0695 e. The molecule has 3 heteroatoms. The normalized spacial score (nSPS) is 31.7. The maximum absolute atomic E-state index is 10.1. The van der Waals surface area contributed by atoms with Crippen LogP contribution in [0.25, 0.3) is 0 Å². The van der Waals surface area contributed by atoms with Crippen molar-refractivity contribution in [3.8, 4) is 0 Å². The van der Waals surface area contributed by atoms with Gasteiger partial charge in [0.15, 0.2) is 0 Å². The van der Waals surface area contributed by atoms with Crippen LogP contribution in [0.1, 0.15) is 51.4 Å². The van der Waals surface area contributed by atoms with Crippen molar-refractivity contribution in [1.82, 2.24) is 4.90 Å². The lowest BCUT2D eigenvalue weighted by atomic mass is 9.85. The largest absolute Gasteiger partial charge is 0.396 e. The molecule has 16 heavy (non-hydrogen) atoms. The highest BCUT2D eigenvalue weighted by molar-refractivity contribution is 4.90. The number of hydrogen-bond donors (Lipinski definition) is 2. The van der Waals surface area contributed by atoms with Crippen LogP contribution in [-0.2, 0) is 0 Å². The van der Waals surface area contributed by atoms with Gasteiger partial charge in [0.1, 0.15) is 0 Å². The van der Waals surface area contributed by atoms with Crippen LogP contribution in [0.15, 0.2) is 0 Å². The van der Waals surface area contributed by atoms with E-state index in [0.29, 0.717) is 12.1 Å². The molecule has 0 saturated heterocycles. The van der Waals surface area contributed by atoms with E-state index in [4.69, 9.17) is 5.11 Å². The zero-order valence-electron chi connectivity index (χ0n) is 10.1. The molecule has 0 radical (unpaired) electrons. The molecule has 0 heterocycles. The van der Waals surface area contributed by atoms with Crippen LogP contribution >= 0.6 is 0 Å². The van der Waals surface area contributed by atoms with Crippen LogP contribution in [0, 0.1) is 0 Å². The molecule has 0 aromatic rings. The molecule has 2 rings (SSSR count). The quantitative estimate of drug-likeness (QED) is 0.748. The Hall–Kier alpha value is -0.120. The van der Waals surface area contributed by atoms with E-state index in [9.17, 15) is 5.11 Å². The van der Waals surface area contributed by atoms with Gasteiger partial charge in [0.2, 0.25) is 0 Å². The number of aliphatic hydroxyl groups excluding tert-OH is 2. The van der Waals surface area contributed by atoms with E-state index in [1.807, 2.05) is 0 Å². The number of aliphatic hydroxyl groups is 2. The van der Waals surface area contributed by atoms with E-state index in [1.54, 1.807) is 0 Å². The standard InChI is InChI=1S/C13H25NO2/c15-10-4-9-14(11-5-3-6-11)12-7-1-2-8-13(12)16/h11-13,15-16H,1-10H2/t12-,13-/m0/s1. The van der Waals surface area contributed by atoms with Crippen molar-refractivity contribution in [2.75, 3.05) is 13.2 Å². The third-order valence-corrected chi connectivity index (χ3v) is 4.24. The van der Waals surface area contributed by atoms with Crippen LogP contribution in [0.4, 0.5) is 0 Å². The Morgan fingerprint density at radius 2 is 1.75 bits per heavy atom. The van der Waals surface area contributed by atoms with Gasteiger partial charge in [0.05, 0.1) is 6.10 Å². The molecular weight excluding hydrogens is 202 g/mol. The first kappa shape index (κ1) is 12.3. The average Bonchev–Trinajstić information content (AvgIpc) is 2.22. The topological polar surface area (TPSA) is 43.7 Å². The van der Waals surface area contributed by atoms with Crippen molar-refractivity contribution in [2.45, 2.75) is 69.6 Å². The van der Waals surface area contributed by atoms with Crippen molar-refractivity contribution in [3.63, 3.8) is 0 Å². The molecule has 94 valence electrons. The maximum Gasteiger partial charge on any atom is 0.0695 e. The molecule has 2 aliphatic carbocycles. The second-order valence-corrected chi connectivity index (χ2v) is 5.32. The molecule has 0 aromatic carbocycles. The molecule has 0 aliphatic heterocycles. The summed E-state index contributed by atoms with van der Waals surface area (Å²) in [5, 5.41) is 19.1. The third-order valence-electron chi connectivity index (χ3n) is 4.24. The highest BCUT2D eigenvalue weighted by Gasteiger charge is 2.34. The zero-order chi connectivity index (χ0) is 11.4. The Labute approximate surface area is 98.5 Å². The molecule has 2 fully saturated rings. The van der Waals surface area contributed by atoms with Crippen molar-refractivity contribution in [1.29, 1.82) is 0 Å². The summed E-state index contributed by atoms with van der Waals surface area (Å²) in [4.78, 5) is 2.49. The Kier molecular flexibility index (Phi) is 4.62. The highest BCUT2D eigenvalue weighted by atomic mass is 16.3. The highest BCUT2D eigenvalue weighted by Crippen LogP contribution is 2.32. The third kappa shape index (κ3) is 2.76. The van der Waals surface area contributed by atoms with Gasteiger partial charge in [-0.2, -0.15) is 0 Å². The van der Waals surface area contributed by atoms with Crippen LogP contribution in [0.3, 0.4) is 0 Å². The minimum atomic E-state index is -0.131. The fraction of sp³-hybridized carbons (Fsp3) is 1.00. The lowest BCUT2D eigenvalue weighted by molar-refractivity contribution is -0.0225. The van der Waals surface area contributed by atoms with Gasteiger partial charge in [-0.25, -0.2) is 0 Å². The van der Waals surface area contributed by atoms with Gasteiger partial charge in [-0.3, -0.25) is 4.90 Å². The lowest BCUT2D eigenvalue weighted by Crippen LogP contribution is -2.53. The van der Waals surface area contributed by atoms with E-state index < -0.39 is 0 Å². The van der Waals surface area contributed by atoms with Gasteiger partial charge in [-0.1, -0.05) is 19.3 Å². The van der Waals surface area contributed by atoms with Crippen LogP contribution in [0.2, 0.25) is 0 Å². The Balaban J connectivity index is 1.92. The van der Waals surface area contributed by atoms with E-state index in [0.717, 1.165) is 25.8 Å². The van der Waals surface area contributed by atoms with Crippen LogP contribution in [0.5, 0.6) is 0 Å². The first-order valence-electron chi connectivity index (χ1n) is 6.87. The number of hydrogen-bond acceptors (Lipinski definition) is 3. The van der Waals surface area contributed by atoms with E-state index in [1.165, 1.54) is 32.1 Å². The second kappa shape index (κ2) is 5.99. The van der Waals surface area contributed by atoms with Crippen molar-refractivity contribution >= 4 is 0 Å². The number of rotatable bonds is 5. The summed E-state index contributed by atoms with van der Waals surface area (Å²) >= 11 is 0. The first-order chi connectivity index (χ1) is 7.83. The fourth-order valence-electron chi connectivity index (χ4n) is 3.07. The minimum absolute atomic E-state index is 0.131. The van der Waals surface area contributed by atoms with Gasteiger partial charge < -0.3 is 10.2 Å². The molecule has 2 N–H and O–H groups in total. The monoisotopic (exact) mass is 227 g/mol. The second-order valence-electron chi connectivity index (χ2n) is 5.32. The summed E-state index contributed by atoms with van der Waals surface area (Å²) in [6, 6.07) is 1.05. The zero-order valence-corrected chi connectivity index (χ0v) is 10.1. The average molecular weight is 227 g/mol. The van der Waals surface area contributed by atoms with Gasteiger partial charge in [0.25, 0.3) is 0 Å². The Bertz CT molecular complexity index is 206. The molecule has 2 atom stereocenters. The summed E-state index contributed by atoms with van der Waals surface area (Å²) in [6.07, 6.45) is 9.16. The van der Waals surface area contributed by atoms with Crippen molar-refractivity contribution in [3.05, 3.63) is 0 Å². The van der Waals surface area contributed by atoms with Crippen LogP contribution < -0.4 is 0 Å². The summed E-state index contributed by atoms with van der Waals surface area (Å²) in [6.45, 7) is 1.23. The van der Waals surface area contributed by atoms with Gasteiger partial charge >= 0.3 is 0 Å². The lowest BCUT2D eigenvalue weighted by Gasteiger charge is -2.45. The Morgan fingerprint density at radius 1 is 1.00 bits per heavy atom. The molecule has 0 amide bonds. The number of nitrogens with zero attached hydrogens (tertiary/aromatic N) is 1. The molecule has 0 spiro atoms. The molecule has 0 aromatic heterocycles. The molecule has 2 aliphatic rings. The fourth-order valence-corrected chi connectivity index (χ4v) is 3.07. The summed E-state index contributed by atoms with van der Waals surface area (Å²) < 4.78 is 0. The Morgan fingerprint density at radius 3 is 2.31 bits per heavy atom. The van der Waals surface area contributed by atoms with Gasteiger partial charge in [-0.05, 0) is 32.1 Å². The van der Waals surface area contributed by atoms with Crippen LogP contribution in [-0.4, -0.2) is 46.5 Å². The molecule has 2 saturated carbocycles. The van der Waals surface area contributed by atoms with Gasteiger partial charge in [-0.15, -0.1) is 0 Å². The van der Waals surface area contributed by atoms with E-state index >= 15 is 0 Å². The molecule has 3 nitrogen and oxygen atoms in total. The van der Waals surface area contributed by atoms with E-state index in [-0.39, 0.29) is 12.7 Å². The first-order valence-corrected chi connectivity index (χ1v) is 6.87.